The van der Waals surface area contributed by atoms with Gasteiger partial charge in [0.05, 0.1) is 11.7 Å². The van der Waals surface area contributed by atoms with Crippen LogP contribution in [0.25, 0.3) is 0 Å². The van der Waals surface area contributed by atoms with E-state index in [0.717, 1.165) is 26.1 Å². The number of ether oxygens (including phenoxy) is 1. The fraction of sp³-hybridized carbons (Fsp3) is 0.692. The van der Waals surface area contributed by atoms with Crippen LogP contribution in [-0.4, -0.2) is 42.1 Å². The van der Waals surface area contributed by atoms with Crippen molar-refractivity contribution in [3.63, 3.8) is 0 Å². The molecule has 1 fully saturated rings. The van der Waals surface area contributed by atoms with Crippen LogP contribution in [0.4, 0.5) is 0 Å². The van der Waals surface area contributed by atoms with E-state index in [9.17, 15) is 0 Å². The predicted molar refractivity (Wildman–Crippen MR) is 74.1 cm³/mol. The van der Waals surface area contributed by atoms with Gasteiger partial charge in [0.2, 0.25) is 0 Å². The summed E-state index contributed by atoms with van der Waals surface area (Å²) in [4.78, 5) is 2.47. The first-order valence-electron chi connectivity index (χ1n) is 6.06. The molecular weight excluding hydrogens is 254 g/mol. The summed E-state index contributed by atoms with van der Waals surface area (Å²) in [6, 6.07) is 2.20. The summed E-state index contributed by atoms with van der Waals surface area (Å²) < 4.78 is 5.92. The quantitative estimate of drug-likeness (QED) is 0.782. The highest BCUT2D eigenvalue weighted by molar-refractivity contribution is 7.07. The third-order valence-corrected chi connectivity index (χ3v) is 4.10. The Hall–Kier alpha value is -0.0900. The molecule has 1 aliphatic heterocycles. The summed E-state index contributed by atoms with van der Waals surface area (Å²) in [6.07, 6.45) is 1.29. The molecule has 1 unspecified atom stereocenters. The van der Waals surface area contributed by atoms with E-state index in [2.05, 4.69) is 35.6 Å². The van der Waals surface area contributed by atoms with E-state index in [4.69, 9.17) is 16.3 Å². The number of halogens is 1. The van der Waals surface area contributed by atoms with E-state index in [1.165, 1.54) is 5.56 Å². The van der Waals surface area contributed by atoms with Gasteiger partial charge in [-0.2, -0.15) is 11.3 Å². The highest BCUT2D eigenvalue weighted by Crippen LogP contribution is 2.22. The van der Waals surface area contributed by atoms with Crippen LogP contribution in [0.5, 0.6) is 0 Å². The van der Waals surface area contributed by atoms with Gasteiger partial charge in [-0.1, -0.05) is 0 Å². The Bertz CT molecular complexity index is 339. The van der Waals surface area contributed by atoms with E-state index in [1.807, 2.05) is 0 Å². The van der Waals surface area contributed by atoms with Gasteiger partial charge in [0.25, 0.3) is 0 Å². The molecule has 0 aromatic carbocycles. The van der Waals surface area contributed by atoms with Crippen molar-refractivity contribution in [1.82, 2.24) is 4.90 Å². The normalized spacial score (nSPS) is 25.0. The van der Waals surface area contributed by atoms with Gasteiger partial charge >= 0.3 is 0 Å². The average molecular weight is 274 g/mol. The standard InChI is InChI=1S/C13H20ClNOS/c1-13(2)10-15(8-12(7-14)16-13)5-3-11-4-6-17-9-11/h4,6,9,12H,3,5,7-8,10H2,1-2H3. The molecule has 17 heavy (non-hydrogen) atoms. The SMILES string of the molecule is CC1(C)CN(CCc2ccsc2)CC(CCl)O1. The lowest BCUT2D eigenvalue weighted by Gasteiger charge is -2.42. The summed E-state index contributed by atoms with van der Waals surface area (Å²) in [5, 5.41) is 4.37. The first kappa shape index (κ1) is 13.3. The Balaban J connectivity index is 1.87. The van der Waals surface area contributed by atoms with E-state index >= 15 is 0 Å². The molecule has 0 N–H and O–H groups in total. The number of nitrogens with zero attached hydrogens (tertiary/aromatic N) is 1. The lowest BCUT2D eigenvalue weighted by molar-refractivity contribution is -0.127. The Morgan fingerprint density at radius 1 is 1.59 bits per heavy atom. The van der Waals surface area contributed by atoms with Crippen LogP contribution in [0.15, 0.2) is 16.8 Å². The maximum Gasteiger partial charge on any atom is 0.0844 e. The Labute approximate surface area is 113 Å². The highest BCUT2D eigenvalue weighted by Gasteiger charge is 2.32. The van der Waals surface area contributed by atoms with Crippen molar-refractivity contribution < 1.29 is 4.74 Å². The van der Waals surface area contributed by atoms with Crippen LogP contribution in [-0.2, 0) is 11.2 Å². The molecule has 0 bridgehead atoms. The minimum atomic E-state index is -0.0769. The molecule has 2 rings (SSSR count). The van der Waals surface area contributed by atoms with Crippen molar-refractivity contribution in [3.05, 3.63) is 22.4 Å². The molecule has 0 saturated carbocycles. The van der Waals surface area contributed by atoms with E-state index in [-0.39, 0.29) is 11.7 Å². The molecule has 1 aliphatic rings. The van der Waals surface area contributed by atoms with Crippen molar-refractivity contribution in [1.29, 1.82) is 0 Å². The summed E-state index contributed by atoms with van der Waals surface area (Å²) in [5.41, 5.74) is 1.36. The summed E-state index contributed by atoms with van der Waals surface area (Å²) in [6.45, 7) is 7.32. The number of hydrogen-bond donors (Lipinski definition) is 0. The van der Waals surface area contributed by atoms with Gasteiger partial charge in [-0.3, -0.25) is 4.90 Å². The van der Waals surface area contributed by atoms with Gasteiger partial charge in [0.1, 0.15) is 0 Å². The fourth-order valence-corrected chi connectivity index (χ4v) is 3.25. The van der Waals surface area contributed by atoms with E-state index < -0.39 is 0 Å². The number of hydrogen-bond acceptors (Lipinski definition) is 3. The van der Waals surface area contributed by atoms with Crippen molar-refractivity contribution in [2.75, 3.05) is 25.5 Å². The highest BCUT2D eigenvalue weighted by atomic mass is 35.5. The second-order valence-corrected chi connectivity index (χ2v) is 6.36. The molecule has 2 nitrogen and oxygen atoms in total. The van der Waals surface area contributed by atoms with Gasteiger partial charge in [-0.05, 0) is 42.7 Å². The van der Waals surface area contributed by atoms with Gasteiger partial charge in [-0.15, -0.1) is 11.6 Å². The molecule has 1 atom stereocenters. The van der Waals surface area contributed by atoms with Crippen molar-refractivity contribution in [2.24, 2.45) is 0 Å². The van der Waals surface area contributed by atoms with Gasteiger partial charge in [0.15, 0.2) is 0 Å². The molecule has 0 amide bonds. The minimum absolute atomic E-state index is 0.0769. The van der Waals surface area contributed by atoms with Crippen LogP contribution in [0.3, 0.4) is 0 Å². The summed E-state index contributed by atoms with van der Waals surface area (Å²) >= 11 is 7.69. The zero-order valence-electron chi connectivity index (χ0n) is 10.5. The molecule has 0 spiro atoms. The maximum absolute atomic E-state index is 5.92. The van der Waals surface area contributed by atoms with Crippen LogP contribution in [0.2, 0.25) is 0 Å². The first-order chi connectivity index (χ1) is 8.09. The summed E-state index contributed by atoms with van der Waals surface area (Å²) in [7, 11) is 0. The largest absolute Gasteiger partial charge is 0.368 e. The molecule has 1 aromatic heterocycles. The minimum Gasteiger partial charge on any atom is -0.368 e. The van der Waals surface area contributed by atoms with Crippen LogP contribution < -0.4 is 0 Å². The molecule has 4 heteroatoms. The lowest BCUT2D eigenvalue weighted by atomic mass is 10.0. The molecule has 0 radical (unpaired) electrons. The second-order valence-electron chi connectivity index (χ2n) is 5.27. The monoisotopic (exact) mass is 273 g/mol. The molecule has 1 saturated heterocycles. The number of rotatable bonds is 4. The third kappa shape index (κ3) is 3.95. The zero-order valence-corrected chi connectivity index (χ0v) is 12.1. The molecule has 2 heterocycles. The number of morpholine rings is 1. The van der Waals surface area contributed by atoms with Crippen molar-refractivity contribution >= 4 is 22.9 Å². The molecule has 0 aliphatic carbocycles. The third-order valence-electron chi connectivity index (χ3n) is 3.02. The predicted octanol–water partition coefficient (Wildman–Crippen LogP) is 3.01. The number of thiophene rings is 1. The Morgan fingerprint density at radius 3 is 3.06 bits per heavy atom. The fourth-order valence-electron chi connectivity index (χ4n) is 2.39. The van der Waals surface area contributed by atoms with Gasteiger partial charge in [0, 0.05) is 25.5 Å². The van der Waals surface area contributed by atoms with Crippen molar-refractivity contribution in [2.45, 2.75) is 32.0 Å². The molecular formula is C13H20ClNOS. The molecule has 1 aromatic rings. The van der Waals surface area contributed by atoms with E-state index in [0.29, 0.717) is 5.88 Å². The maximum atomic E-state index is 5.92. The lowest BCUT2D eigenvalue weighted by Crippen LogP contribution is -2.53. The smallest absolute Gasteiger partial charge is 0.0844 e. The van der Waals surface area contributed by atoms with Crippen LogP contribution >= 0.6 is 22.9 Å². The first-order valence-corrected chi connectivity index (χ1v) is 7.54. The van der Waals surface area contributed by atoms with Gasteiger partial charge < -0.3 is 4.74 Å². The summed E-state index contributed by atoms with van der Waals surface area (Å²) in [5.74, 6) is 0.582. The van der Waals surface area contributed by atoms with E-state index in [1.54, 1.807) is 11.3 Å². The van der Waals surface area contributed by atoms with Crippen LogP contribution in [0.1, 0.15) is 19.4 Å². The topological polar surface area (TPSA) is 12.5 Å². The average Bonchev–Trinajstić information content (AvgIpc) is 2.77. The molecule has 96 valence electrons. The Kier molecular flexibility index (Phi) is 4.47. The Morgan fingerprint density at radius 2 is 2.41 bits per heavy atom. The van der Waals surface area contributed by atoms with Gasteiger partial charge in [-0.25, -0.2) is 0 Å². The zero-order chi connectivity index (χ0) is 12.3. The van der Waals surface area contributed by atoms with Crippen LogP contribution in [0, 0.1) is 0 Å². The second kappa shape index (κ2) is 5.70. The van der Waals surface area contributed by atoms with Crippen molar-refractivity contribution in [3.8, 4) is 0 Å². The number of alkyl halides is 1.